The third-order valence-electron chi connectivity index (χ3n) is 3.18. The Balaban J connectivity index is 2.17. The van der Waals surface area contributed by atoms with Crippen LogP contribution in [0.15, 0.2) is 54.6 Å². The van der Waals surface area contributed by atoms with E-state index in [9.17, 15) is 4.79 Å². The highest BCUT2D eigenvalue weighted by Gasteiger charge is 2.20. The summed E-state index contributed by atoms with van der Waals surface area (Å²) in [7, 11) is 1.75. The maximum Gasteiger partial charge on any atom is 0.248 e. The van der Waals surface area contributed by atoms with E-state index >= 15 is 0 Å². The lowest BCUT2D eigenvalue weighted by Crippen LogP contribution is -2.35. The monoisotopic (exact) mass is 254 g/mol. The molecule has 19 heavy (non-hydrogen) atoms. The summed E-state index contributed by atoms with van der Waals surface area (Å²) in [6.07, 6.45) is 0. The molecule has 1 amide bonds. The second kappa shape index (κ2) is 5.67. The topological polar surface area (TPSA) is 46.3 Å². The van der Waals surface area contributed by atoms with Crippen LogP contribution in [-0.4, -0.2) is 13.0 Å². The van der Waals surface area contributed by atoms with Crippen LogP contribution < -0.4 is 10.6 Å². The van der Waals surface area contributed by atoms with Crippen molar-refractivity contribution < 1.29 is 4.79 Å². The lowest BCUT2D eigenvalue weighted by molar-refractivity contribution is -0.119. The first-order valence-electron chi connectivity index (χ1n) is 6.24. The first-order chi connectivity index (χ1) is 9.09. The lowest BCUT2D eigenvalue weighted by atomic mass is 10.1. The van der Waals surface area contributed by atoms with Gasteiger partial charge in [-0.25, -0.2) is 0 Å². The summed E-state index contributed by atoms with van der Waals surface area (Å²) in [6.45, 7) is 2.02. The molecule has 3 heteroatoms. The van der Waals surface area contributed by atoms with Gasteiger partial charge in [-0.05, 0) is 24.6 Å². The Labute approximate surface area is 113 Å². The van der Waals surface area contributed by atoms with Crippen LogP contribution in [0.4, 0.5) is 5.69 Å². The molecular weight excluding hydrogens is 236 g/mol. The number of rotatable bonds is 3. The summed E-state index contributed by atoms with van der Waals surface area (Å²) in [6, 6.07) is 16.6. The number of likely N-dealkylation sites (N-methyl/N-ethyl adjacent to an activating group) is 1. The molecule has 0 fully saturated rings. The molecule has 2 aromatic carbocycles. The predicted octanol–water partition coefficient (Wildman–Crippen LogP) is 2.66. The van der Waals surface area contributed by atoms with Gasteiger partial charge in [0.15, 0.2) is 0 Å². The number of carbonyl (C=O) groups is 1. The van der Waals surface area contributed by atoms with Crippen LogP contribution >= 0.6 is 0 Å². The second-order valence-corrected chi connectivity index (χ2v) is 4.62. The highest BCUT2D eigenvalue weighted by Crippen LogP contribution is 2.18. The van der Waals surface area contributed by atoms with Gasteiger partial charge in [0.2, 0.25) is 5.91 Å². The molecule has 0 saturated heterocycles. The average molecular weight is 254 g/mol. The van der Waals surface area contributed by atoms with Crippen molar-refractivity contribution >= 4 is 11.6 Å². The molecule has 2 rings (SSSR count). The van der Waals surface area contributed by atoms with Gasteiger partial charge in [-0.15, -0.1) is 0 Å². The van der Waals surface area contributed by atoms with Crippen LogP contribution in [0.2, 0.25) is 0 Å². The maximum atomic E-state index is 12.3. The Bertz CT molecular complexity index is 549. The molecule has 0 aliphatic carbocycles. The lowest BCUT2D eigenvalue weighted by Gasteiger charge is -2.21. The van der Waals surface area contributed by atoms with Crippen LogP contribution in [0.1, 0.15) is 17.2 Å². The zero-order valence-corrected chi connectivity index (χ0v) is 11.2. The maximum absolute atomic E-state index is 12.3. The summed E-state index contributed by atoms with van der Waals surface area (Å²) in [5.74, 6) is -0.116. The Morgan fingerprint density at radius 3 is 2.21 bits per heavy atom. The van der Waals surface area contributed by atoms with Crippen LogP contribution in [0, 0.1) is 6.92 Å². The van der Waals surface area contributed by atoms with E-state index in [0.29, 0.717) is 0 Å². The van der Waals surface area contributed by atoms with Gasteiger partial charge in [0.05, 0.1) is 0 Å². The summed E-state index contributed by atoms with van der Waals surface area (Å²) in [5.41, 5.74) is 8.85. The summed E-state index contributed by atoms with van der Waals surface area (Å²) in [4.78, 5) is 13.9. The Kier molecular flexibility index (Phi) is 3.97. The summed E-state index contributed by atoms with van der Waals surface area (Å²) < 4.78 is 0. The molecule has 1 atom stereocenters. The molecular formula is C16H18N2O. The van der Waals surface area contributed by atoms with Crippen LogP contribution in [0.25, 0.3) is 0 Å². The number of hydrogen-bond acceptors (Lipinski definition) is 2. The fourth-order valence-corrected chi connectivity index (χ4v) is 1.91. The average Bonchev–Trinajstić information content (AvgIpc) is 2.46. The third kappa shape index (κ3) is 3.01. The number of nitrogens with zero attached hydrogens (tertiary/aromatic N) is 1. The normalized spacial score (nSPS) is 11.9. The van der Waals surface area contributed by atoms with Gasteiger partial charge in [0.1, 0.15) is 6.04 Å². The standard InChI is InChI=1S/C16H18N2O/c1-12-8-10-14(11-9-12)18(2)16(19)15(17)13-6-4-3-5-7-13/h3-11,15H,17H2,1-2H3/t15-/m0/s1. The molecule has 0 saturated carbocycles. The van der Waals surface area contributed by atoms with E-state index in [-0.39, 0.29) is 5.91 Å². The molecule has 0 aliphatic heterocycles. The number of anilines is 1. The Morgan fingerprint density at radius 1 is 1.05 bits per heavy atom. The van der Waals surface area contributed by atoms with Crippen molar-refractivity contribution in [2.24, 2.45) is 5.73 Å². The number of aryl methyl sites for hydroxylation is 1. The van der Waals surface area contributed by atoms with E-state index in [0.717, 1.165) is 16.8 Å². The number of hydrogen-bond donors (Lipinski definition) is 1. The van der Waals surface area contributed by atoms with Gasteiger partial charge in [0, 0.05) is 12.7 Å². The van der Waals surface area contributed by atoms with Crippen molar-refractivity contribution in [2.75, 3.05) is 11.9 Å². The number of carbonyl (C=O) groups excluding carboxylic acids is 1. The van der Waals surface area contributed by atoms with E-state index < -0.39 is 6.04 Å². The number of nitrogens with two attached hydrogens (primary N) is 1. The molecule has 0 aromatic heterocycles. The molecule has 0 spiro atoms. The first-order valence-corrected chi connectivity index (χ1v) is 6.24. The van der Waals surface area contributed by atoms with Gasteiger partial charge in [-0.3, -0.25) is 4.79 Å². The summed E-state index contributed by atoms with van der Waals surface area (Å²) in [5, 5.41) is 0. The van der Waals surface area contributed by atoms with Crippen molar-refractivity contribution in [3.8, 4) is 0 Å². The number of benzene rings is 2. The van der Waals surface area contributed by atoms with Crippen molar-refractivity contribution in [1.82, 2.24) is 0 Å². The van der Waals surface area contributed by atoms with Crippen molar-refractivity contribution in [2.45, 2.75) is 13.0 Å². The molecule has 0 heterocycles. The third-order valence-corrected chi connectivity index (χ3v) is 3.18. The minimum Gasteiger partial charge on any atom is -0.316 e. The highest BCUT2D eigenvalue weighted by molar-refractivity contribution is 5.97. The minimum atomic E-state index is -0.632. The van der Waals surface area contributed by atoms with E-state index in [1.165, 1.54) is 0 Å². The van der Waals surface area contributed by atoms with E-state index in [1.807, 2.05) is 61.5 Å². The fraction of sp³-hybridized carbons (Fsp3) is 0.188. The predicted molar refractivity (Wildman–Crippen MR) is 78.0 cm³/mol. The van der Waals surface area contributed by atoms with Crippen LogP contribution in [0.5, 0.6) is 0 Å². The number of amides is 1. The van der Waals surface area contributed by atoms with Gasteiger partial charge < -0.3 is 10.6 Å². The van der Waals surface area contributed by atoms with Gasteiger partial charge in [-0.1, -0.05) is 48.0 Å². The zero-order valence-electron chi connectivity index (χ0n) is 11.2. The molecule has 0 radical (unpaired) electrons. The summed E-state index contributed by atoms with van der Waals surface area (Å²) >= 11 is 0. The van der Waals surface area contributed by atoms with Gasteiger partial charge >= 0.3 is 0 Å². The SMILES string of the molecule is Cc1ccc(N(C)C(=O)[C@@H](N)c2ccccc2)cc1. The van der Waals surface area contributed by atoms with E-state index in [2.05, 4.69) is 0 Å². The second-order valence-electron chi connectivity index (χ2n) is 4.62. The quantitative estimate of drug-likeness (QED) is 0.915. The molecule has 2 N–H and O–H groups in total. The fourth-order valence-electron chi connectivity index (χ4n) is 1.91. The van der Waals surface area contributed by atoms with Crippen molar-refractivity contribution in [1.29, 1.82) is 0 Å². The van der Waals surface area contributed by atoms with Crippen molar-refractivity contribution in [3.63, 3.8) is 0 Å². The van der Waals surface area contributed by atoms with Gasteiger partial charge in [0.25, 0.3) is 0 Å². The Morgan fingerprint density at radius 2 is 1.63 bits per heavy atom. The molecule has 3 nitrogen and oxygen atoms in total. The molecule has 2 aromatic rings. The molecule has 0 bridgehead atoms. The van der Waals surface area contributed by atoms with Crippen LogP contribution in [-0.2, 0) is 4.79 Å². The van der Waals surface area contributed by atoms with Gasteiger partial charge in [-0.2, -0.15) is 0 Å². The Hall–Kier alpha value is -2.13. The van der Waals surface area contributed by atoms with E-state index in [4.69, 9.17) is 5.73 Å². The minimum absolute atomic E-state index is 0.116. The molecule has 98 valence electrons. The largest absolute Gasteiger partial charge is 0.316 e. The zero-order chi connectivity index (χ0) is 13.8. The van der Waals surface area contributed by atoms with E-state index in [1.54, 1.807) is 11.9 Å². The molecule has 0 aliphatic rings. The van der Waals surface area contributed by atoms with Crippen LogP contribution in [0.3, 0.4) is 0 Å². The van der Waals surface area contributed by atoms with Crippen molar-refractivity contribution in [3.05, 3.63) is 65.7 Å². The molecule has 0 unspecified atom stereocenters. The smallest absolute Gasteiger partial charge is 0.248 e. The first kappa shape index (κ1) is 13.3. The highest BCUT2D eigenvalue weighted by atomic mass is 16.2.